The molecule has 100 valence electrons. The molecule has 1 saturated heterocycles. The number of ether oxygens (including phenoxy) is 1. The molecule has 1 atom stereocenters. The highest BCUT2D eigenvalue weighted by Crippen LogP contribution is 2.15. The van der Waals surface area contributed by atoms with Crippen molar-refractivity contribution in [3.63, 3.8) is 0 Å². The maximum absolute atomic E-state index is 11.8. The third-order valence-electron chi connectivity index (χ3n) is 3.24. The predicted octanol–water partition coefficient (Wildman–Crippen LogP) is 0.989. The van der Waals surface area contributed by atoms with E-state index in [1.165, 1.54) is 6.42 Å². The highest BCUT2D eigenvalue weighted by Gasteiger charge is 2.17. The van der Waals surface area contributed by atoms with E-state index in [2.05, 4.69) is 15.5 Å². The Labute approximate surface area is 106 Å². The number of carbonyl (C=O) groups excluding carboxylic acids is 1. The van der Waals surface area contributed by atoms with Gasteiger partial charge in [-0.05, 0) is 32.6 Å². The zero-order valence-corrected chi connectivity index (χ0v) is 10.7. The first kappa shape index (κ1) is 12.9. The maximum Gasteiger partial charge on any atom is 0.273 e. The second-order valence-corrected chi connectivity index (χ2v) is 4.64. The van der Waals surface area contributed by atoms with Crippen LogP contribution in [-0.4, -0.2) is 35.4 Å². The average molecular weight is 252 g/mol. The summed E-state index contributed by atoms with van der Waals surface area (Å²) < 4.78 is 5.60. The number of aromatic nitrogens is 2. The number of hydrogen-bond donors (Lipinski definition) is 3. The Hall–Kier alpha value is -1.56. The van der Waals surface area contributed by atoms with E-state index in [1.807, 2.05) is 0 Å². The van der Waals surface area contributed by atoms with Crippen LogP contribution in [0.2, 0.25) is 0 Å². The van der Waals surface area contributed by atoms with Gasteiger partial charge in [0.15, 0.2) is 5.69 Å². The molecule has 0 radical (unpaired) electrons. The molecule has 2 heterocycles. The minimum Gasteiger partial charge on any atom is -0.395 e. The third kappa shape index (κ3) is 3.01. The SMILES string of the molecule is Cc1[nH]nc(C(=O)NCCC2CCCCO2)c1N. The molecule has 1 aromatic rings. The summed E-state index contributed by atoms with van der Waals surface area (Å²) in [4.78, 5) is 11.8. The van der Waals surface area contributed by atoms with Crippen LogP contribution >= 0.6 is 0 Å². The molecule has 0 spiro atoms. The quantitative estimate of drug-likeness (QED) is 0.745. The van der Waals surface area contributed by atoms with E-state index < -0.39 is 0 Å². The summed E-state index contributed by atoms with van der Waals surface area (Å²) in [5, 5.41) is 9.40. The van der Waals surface area contributed by atoms with Crippen molar-refractivity contribution in [2.75, 3.05) is 18.9 Å². The summed E-state index contributed by atoms with van der Waals surface area (Å²) in [7, 11) is 0. The molecular weight excluding hydrogens is 232 g/mol. The van der Waals surface area contributed by atoms with Gasteiger partial charge in [0.25, 0.3) is 5.91 Å². The van der Waals surface area contributed by atoms with Crippen molar-refractivity contribution < 1.29 is 9.53 Å². The highest BCUT2D eigenvalue weighted by molar-refractivity contribution is 5.97. The average Bonchev–Trinajstić information content (AvgIpc) is 2.71. The van der Waals surface area contributed by atoms with Crippen LogP contribution in [0.25, 0.3) is 0 Å². The predicted molar refractivity (Wildman–Crippen MR) is 68.3 cm³/mol. The fourth-order valence-corrected chi connectivity index (χ4v) is 2.08. The van der Waals surface area contributed by atoms with E-state index in [0.29, 0.717) is 12.2 Å². The number of carbonyl (C=O) groups is 1. The number of amides is 1. The van der Waals surface area contributed by atoms with Gasteiger partial charge >= 0.3 is 0 Å². The first-order valence-electron chi connectivity index (χ1n) is 6.38. The van der Waals surface area contributed by atoms with Crippen molar-refractivity contribution in [2.24, 2.45) is 0 Å². The lowest BCUT2D eigenvalue weighted by Crippen LogP contribution is -2.30. The number of nitrogens with zero attached hydrogens (tertiary/aromatic N) is 1. The molecule has 6 heteroatoms. The fourth-order valence-electron chi connectivity index (χ4n) is 2.08. The number of nitrogens with two attached hydrogens (primary N) is 1. The van der Waals surface area contributed by atoms with Crippen molar-refractivity contribution in [2.45, 2.75) is 38.7 Å². The van der Waals surface area contributed by atoms with Gasteiger partial charge in [0.2, 0.25) is 0 Å². The van der Waals surface area contributed by atoms with Crippen LogP contribution < -0.4 is 11.1 Å². The van der Waals surface area contributed by atoms with Crippen LogP contribution in [0.15, 0.2) is 0 Å². The minimum absolute atomic E-state index is 0.229. The first-order valence-corrected chi connectivity index (χ1v) is 6.38. The van der Waals surface area contributed by atoms with Crippen molar-refractivity contribution >= 4 is 11.6 Å². The number of hydrogen-bond acceptors (Lipinski definition) is 4. The molecule has 1 aromatic heterocycles. The lowest BCUT2D eigenvalue weighted by Gasteiger charge is -2.22. The van der Waals surface area contributed by atoms with Crippen LogP contribution in [0.3, 0.4) is 0 Å². The minimum atomic E-state index is -0.229. The smallest absolute Gasteiger partial charge is 0.273 e. The second kappa shape index (κ2) is 5.86. The van der Waals surface area contributed by atoms with Crippen LogP contribution in [-0.2, 0) is 4.74 Å². The number of aromatic amines is 1. The lowest BCUT2D eigenvalue weighted by molar-refractivity contribution is 0.0117. The number of nitrogen functional groups attached to an aromatic ring is 1. The van der Waals surface area contributed by atoms with E-state index >= 15 is 0 Å². The molecule has 4 N–H and O–H groups in total. The first-order chi connectivity index (χ1) is 8.68. The molecule has 0 aliphatic carbocycles. The van der Waals surface area contributed by atoms with Gasteiger partial charge in [-0.3, -0.25) is 9.89 Å². The molecule has 0 aromatic carbocycles. The number of aryl methyl sites for hydroxylation is 1. The summed E-state index contributed by atoms with van der Waals surface area (Å²) in [6.45, 7) is 3.22. The number of H-pyrrole nitrogens is 1. The van der Waals surface area contributed by atoms with Crippen molar-refractivity contribution in [3.8, 4) is 0 Å². The number of rotatable bonds is 4. The van der Waals surface area contributed by atoms with Gasteiger partial charge in [-0.2, -0.15) is 5.10 Å². The van der Waals surface area contributed by atoms with Gasteiger partial charge in [-0.1, -0.05) is 0 Å². The summed E-state index contributed by atoms with van der Waals surface area (Å²) in [5.41, 5.74) is 7.15. The molecule has 1 aliphatic heterocycles. The number of anilines is 1. The van der Waals surface area contributed by atoms with E-state index in [9.17, 15) is 4.79 Å². The number of nitrogens with one attached hydrogen (secondary N) is 2. The molecule has 0 saturated carbocycles. The summed E-state index contributed by atoms with van der Waals surface area (Å²) in [6.07, 6.45) is 4.56. The molecule has 18 heavy (non-hydrogen) atoms. The standard InChI is InChI=1S/C12H20N4O2/c1-8-10(13)11(16-15-8)12(17)14-6-5-9-4-2-3-7-18-9/h9H,2-7,13H2,1H3,(H,14,17)(H,15,16). The van der Waals surface area contributed by atoms with Gasteiger partial charge in [0, 0.05) is 13.2 Å². The van der Waals surface area contributed by atoms with E-state index in [1.54, 1.807) is 6.92 Å². The van der Waals surface area contributed by atoms with Crippen molar-refractivity contribution in [1.29, 1.82) is 0 Å². The molecule has 6 nitrogen and oxygen atoms in total. The summed E-state index contributed by atoms with van der Waals surface area (Å²) >= 11 is 0. The van der Waals surface area contributed by atoms with E-state index in [0.717, 1.165) is 31.6 Å². The Morgan fingerprint density at radius 1 is 1.61 bits per heavy atom. The lowest BCUT2D eigenvalue weighted by atomic mass is 10.1. The van der Waals surface area contributed by atoms with Gasteiger partial charge in [-0.15, -0.1) is 0 Å². The Bertz CT molecular complexity index is 410. The zero-order chi connectivity index (χ0) is 13.0. The van der Waals surface area contributed by atoms with Crippen molar-refractivity contribution in [1.82, 2.24) is 15.5 Å². The molecule has 1 unspecified atom stereocenters. The van der Waals surface area contributed by atoms with Crippen LogP contribution in [0.1, 0.15) is 41.9 Å². The van der Waals surface area contributed by atoms with Crippen LogP contribution in [0.5, 0.6) is 0 Å². The molecule has 1 aliphatic rings. The van der Waals surface area contributed by atoms with Gasteiger partial charge in [0.1, 0.15) is 0 Å². The Morgan fingerprint density at radius 3 is 3.06 bits per heavy atom. The normalized spacial score (nSPS) is 19.7. The fraction of sp³-hybridized carbons (Fsp3) is 0.667. The second-order valence-electron chi connectivity index (χ2n) is 4.64. The molecule has 2 rings (SSSR count). The van der Waals surface area contributed by atoms with E-state index in [4.69, 9.17) is 10.5 Å². The van der Waals surface area contributed by atoms with Crippen molar-refractivity contribution in [3.05, 3.63) is 11.4 Å². The Kier molecular flexibility index (Phi) is 4.19. The highest BCUT2D eigenvalue weighted by atomic mass is 16.5. The van der Waals surface area contributed by atoms with Gasteiger partial charge in [0.05, 0.1) is 17.5 Å². The van der Waals surface area contributed by atoms with Crippen LogP contribution in [0, 0.1) is 6.92 Å². The topological polar surface area (TPSA) is 93.0 Å². The van der Waals surface area contributed by atoms with Gasteiger partial charge < -0.3 is 15.8 Å². The molecule has 1 amide bonds. The Balaban J connectivity index is 1.76. The van der Waals surface area contributed by atoms with Gasteiger partial charge in [-0.25, -0.2) is 0 Å². The third-order valence-corrected chi connectivity index (χ3v) is 3.24. The monoisotopic (exact) mass is 252 g/mol. The zero-order valence-electron chi connectivity index (χ0n) is 10.7. The summed E-state index contributed by atoms with van der Waals surface area (Å²) in [6, 6.07) is 0. The van der Waals surface area contributed by atoms with Crippen LogP contribution in [0.4, 0.5) is 5.69 Å². The summed E-state index contributed by atoms with van der Waals surface area (Å²) in [5.74, 6) is -0.229. The molecule has 0 bridgehead atoms. The Morgan fingerprint density at radius 2 is 2.44 bits per heavy atom. The molecule has 1 fully saturated rings. The van der Waals surface area contributed by atoms with E-state index in [-0.39, 0.29) is 17.7 Å². The molecular formula is C12H20N4O2. The largest absolute Gasteiger partial charge is 0.395 e. The maximum atomic E-state index is 11.8.